The van der Waals surface area contributed by atoms with Crippen molar-refractivity contribution in [3.8, 4) is 0 Å². The minimum atomic E-state index is -0.477. The Morgan fingerprint density at radius 3 is 2.88 bits per heavy atom. The van der Waals surface area contributed by atoms with Gasteiger partial charge in [0.2, 0.25) is 0 Å². The zero-order valence-electron chi connectivity index (χ0n) is 8.81. The highest BCUT2D eigenvalue weighted by molar-refractivity contribution is 7.09. The van der Waals surface area contributed by atoms with Gasteiger partial charge in [-0.25, -0.2) is 9.37 Å². The number of nitrogens with two attached hydrogens (primary N) is 1. The SMILES string of the molecule is NCc1nc(C(=O)Nc2ccccc2F)cs1. The van der Waals surface area contributed by atoms with Crippen LogP contribution in [0.5, 0.6) is 0 Å². The molecule has 0 saturated heterocycles. The summed E-state index contributed by atoms with van der Waals surface area (Å²) in [6.45, 7) is 0.289. The van der Waals surface area contributed by atoms with Gasteiger partial charge in [0.1, 0.15) is 16.5 Å². The predicted octanol–water partition coefficient (Wildman–Crippen LogP) is 1.99. The molecule has 1 amide bonds. The number of carbonyl (C=O) groups is 1. The standard InChI is InChI=1S/C11H10FN3OS/c12-7-3-1-2-4-8(7)15-11(16)9-6-17-10(5-13)14-9/h1-4,6H,5,13H2,(H,15,16). The molecule has 0 saturated carbocycles. The van der Waals surface area contributed by atoms with E-state index in [1.165, 1.54) is 23.5 Å². The minimum Gasteiger partial charge on any atom is -0.325 e. The molecule has 0 bridgehead atoms. The van der Waals surface area contributed by atoms with Gasteiger partial charge in [-0.3, -0.25) is 4.79 Å². The highest BCUT2D eigenvalue weighted by Crippen LogP contribution is 2.15. The van der Waals surface area contributed by atoms with E-state index in [1.54, 1.807) is 17.5 Å². The Balaban J connectivity index is 2.14. The van der Waals surface area contributed by atoms with E-state index in [4.69, 9.17) is 5.73 Å². The lowest BCUT2D eigenvalue weighted by atomic mass is 10.3. The highest BCUT2D eigenvalue weighted by Gasteiger charge is 2.12. The molecule has 2 aromatic rings. The Bertz CT molecular complexity index is 541. The van der Waals surface area contributed by atoms with Crippen molar-refractivity contribution in [2.24, 2.45) is 5.73 Å². The van der Waals surface area contributed by atoms with Gasteiger partial charge in [-0.1, -0.05) is 12.1 Å². The third-order valence-electron chi connectivity index (χ3n) is 2.08. The lowest BCUT2D eigenvalue weighted by Gasteiger charge is -2.03. The zero-order valence-corrected chi connectivity index (χ0v) is 9.63. The van der Waals surface area contributed by atoms with Crippen LogP contribution in [0.2, 0.25) is 0 Å². The van der Waals surface area contributed by atoms with Gasteiger partial charge in [0.25, 0.3) is 5.91 Å². The third-order valence-corrected chi connectivity index (χ3v) is 2.95. The van der Waals surface area contributed by atoms with E-state index >= 15 is 0 Å². The number of aromatic nitrogens is 1. The van der Waals surface area contributed by atoms with Gasteiger partial charge in [0, 0.05) is 11.9 Å². The molecule has 88 valence electrons. The van der Waals surface area contributed by atoms with Gasteiger partial charge >= 0.3 is 0 Å². The van der Waals surface area contributed by atoms with Gasteiger partial charge in [0.15, 0.2) is 0 Å². The van der Waals surface area contributed by atoms with Crippen molar-refractivity contribution in [2.45, 2.75) is 6.54 Å². The molecule has 1 aromatic heterocycles. The minimum absolute atomic E-state index is 0.139. The monoisotopic (exact) mass is 251 g/mol. The molecule has 0 unspecified atom stereocenters. The fourth-order valence-electron chi connectivity index (χ4n) is 1.26. The summed E-state index contributed by atoms with van der Waals surface area (Å²) >= 11 is 1.30. The van der Waals surface area contributed by atoms with Crippen LogP contribution in [0.25, 0.3) is 0 Å². The fraction of sp³-hybridized carbons (Fsp3) is 0.0909. The molecule has 4 nitrogen and oxygen atoms in total. The summed E-state index contributed by atoms with van der Waals surface area (Å²) in [7, 11) is 0. The average Bonchev–Trinajstić information content (AvgIpc) is 2.81. The largest absolute Gasteiger partial charge is 0.325 e. The van der Waals surface area contributed by atoms with E-state index in [9.17, 15) is 9.18 Å². The molecular formula is C11H10FN3OS. The van der Waals surface area contributed by atoms with Crippen LogP contribution in [0.4, 0.5) is 10.1 Å². The van der Waals surface area contributed by atoms with Crippen LogP contribution >= 0.6 is 11.3 Å². The summed E-state index contributed by atoms with van der Waals surface area (Å²) < 4.78 is 13.3. The van der Waals surface area contributed by atoms with Crippen LogP contribution in [0.1, 0.15) is 15.5 Å². The van der Waals surface area contributed by atoms with Gasteiger partial charge < -0.3 is 11.1 Å². The van der Waals surface area contributed by atoms with E-state index in [1.807, 2.05) is 0 Å². The number of para-hydroxylation sites is 1. The number of anilines is 1. The molecule has 6 heteroatoms. The third kappa shape index (κ3) is 2.66. The summed E-state index contributed by atoms with van der Waals surface area (Å²) in [6.07, 6.45) is 0. The number of hydrogen-bond acceptors (Lipinski definition) is 4. The van der Waals surface area contributed by atoms with Crippen molar-refractivity contribution < 1.29 is 9.18 Å². The molecule has 2 rings (SSSR count). The van der Waals surface area contributed by atoms with Crippen molar-refractivity contribution in [2.75, 3.05) is 5.32 Å². The maximum absolute atomic E-state index is 13.3. The Morgan fingerprint density at radius 1 is 1.47 bits per heavy atom. The Labute approximate surface area is 101 Å². The number of benzene rings is 1. The van der Waals surface area contributed by atoms with Crippen LogP contribution in [0, 0.1) is 5.82 Å². The molecule has 17 heavy (non-hydrogen) atoms. The topological polar surface area (TPSA) is 68.0 Å². The zero-order chi connectivity index (χ0) is 12.3. The Morgan fingerprint density at radius 2 is 2.24 bits per heavy atom. The molecule has 0 aliphatic heterocycles. The van der Waals surface area contributed by atoms with Crippen LogP contribution in [-0.2, 0) is 6.54 Å². The summed E-state index contributed by atoms with van der Waals surface area (Å²) in [5.74, 6) is -0.916. The first-order valence-electron chi connectivity index (χ1n) is 4.91. The van der Waals surface area contributed by atoms with Crippen LogP contribution in [0.15, 0.2) is 29.6 Å². The summed E-state index contributed by atoms with van der Waals surface area (Å²) in [6, 6.07) is 5.97. The van der Waals surface area contributed by atoms with E-state index in [0.29, 0.717) is 5.01 Å². The van der Waals surface area contributed by atoms with E-state index in [-0.39, 0.29) is 17.9 Å². The molecule has 0 aliphatic rings. The number of hydrogen-bond donors (Lipinski definition) is 2. The number of halogens is 1. The second kappa shape index (κ2) is 5.03. The van der Waals surface area contributed by atoms with Crippen molar-refractivity contribution in [1.29, 1.82) is 0 Å². The quantitative estimate of drug-likeness (QED) is 0.876. The van der Waals surface area contributed by atoms with Crippen molar-refractivity contribution in [1.82, 2.24) is 4.98 Å². The predicted molar refractivity (Wildman–Crippen MR) is 64.4 cm³/mol. The number of nitrogens with one attached hydrogen (secondary N) is 1. The Kier molecular flexibility index (Phi) is 3.46. The number of nitrogens with zero attached hydrogens (tertiary/aromatic N) is 1. The van der Waals surface area contributed by atoms with E-state index in [2.05, 4.69) is 10.3 Å². The first-order valence-corrected chi connectivity index (χ1v) is 5.79. The Hall–Kier alpha value is -1.79. The van der Waals surface area contributed by atoms with Gasteiger partial charge in [-0.2, -0.15) is 0 Å². The summed E-state index contributed by atoms with van der Waals surface area (Å²) in [5, 5.41) is 4.72. The molecule has 0 aliphatic carbocycles. The van der Waals surface area contributed by atoms with Crippen molar-refractivity contribution in [3.63, 3.8) is 0 Å². The van der Waals surface area contributed by atoms with Crippen LogP contribution in [-0.4, -0.2) is 10.9 Å². The number of rotatable bonds is 3. The second-order valence-corrected chi connectivity index (χ2v) is 4.21. The van der Waals surface area contributed by atoms with E-state index in [0.717, 1.165) is 0 Å². The first-order chi connectivity index (χ1) is 8.20. The molecule has 3 N–H and O–H groups in total. The van der Waals surface area contributed by atoms with E-state index < -0.39 is 11.7 Å². The lowest BCUT2D eigenvalue weighted by Crippen LogP contribution is -2.13. The molecule has 0 spiro atoms. The number of thiazole rings is 1. The molecule has 0 atom stereocenters. The smallest absolute Gasteiger partial charge is 0.275 e. The molecule has 0 fully saturated rings. The number of carbonyl (C=O) groups excluding carboxylic acids is 1. The lowest BCUT2D eigenvalue weighted by molar-refractivity contribution is 0.102. The van der Waals surface area contributed by atoms with Crippen molar-refractivity contribution >= 4 is 22.9 Å². The fourth-order valence-corrected chi connectivity index (χ4v) is 1.91. The average molecular weight is 251 g/mol. The van der Waals surface area contributed by atoms with Crippen molar-refractivity contribution in [3.05, 3.63) is 46.2 Å². The van der Waals surface area contributed by atoms with Gasteiger partial charge in [0.05, 0.1) is 5.69 Å². The van der Waals surface area contributed by atoms with Crippen LogP contribution in [0.3, 0.4) is 0 Å². The maximum Gasteiger partial charge on any atom is 0.275 e. The molecule has 0 radical (unpaired) electrons. The second-order valence-electron chi connectivity index (χ2n) is 3.26. The normalized spacial score (nSPS) is 10.2. The van der Waals surface area contributed by atoms with Gasteiger partial charge in [-0.05, 0) is 12.1 Å². The maximum atomic E-state index is 13.3. The van der Waals surface area contributed by atoms with Gasteiger partial charge in [-0.15, -0.1) is 11.3 Å². The van der Waals surface area contributed by atoms with Crippen LogP contribution < -0.4 is 11.1 Å². The molecule has 1 aromatic carbocycles. The molecular weight excluding hydrogens is 241 g/mol. The highest BCUT2D eigenvalue weighted by atomic mass is 32.1. The summed E-state index contributed by atoms with van der Waals surface area (Å²) in [4.78, 5) is 15.7. The summed E-state index contributed by atoms with van der Waals surface area (Å²) in [5.41, 5.74) is 5.78. The number of amides is 1. The first kappa shape index (κ1) is 11.7. The molecule has 1 heterocycles.